The average Bonchev–Trinajstić information content (AvgIpc) is 2.37. The number of rotatable bonds is 7. The van der Waals surface area contributed by atoms with Gasteiger partial charge in [0.1, 0.15) is 6.04 Å². The second kappa shape index (κ2) is 7.56. The maximum absolute atomic E-state index is 11.8. The molecular formula is C15H21NO3. The van der Waals surface area contributed by atoms with Crippen LogP contribution in [0.15, 0.2) is 24.3 Å². The average molecular weight is 263 g/mol. The third kappa shape index (κ3) is 5.55. The lowest BCUT2D eigenvalue weighted by Gasteiger charge is -2.14. The van der Waals surface area contributed by atoms with Crippen molar-refractivity contribution in [2.24, 2.45) is 0 Å². The Morgan fingerprint density at radius 3 is 2.42 bits per heavy atom. The molecule has 0 heterocycles. The Morgan fingerprint density at radius 1 is 1.26 bits per heavy atom. The van der Waals surface area contributed by atoms with Gasteiger partial charge >= 0.3 is 5.97 Å². The molecule has 0 unspecified atom stereocenters. The summed E-state index contributed by atoms with van der Waals surface area (Å²) < 4.78 is 0. The van der Waals surface area contributed by atoms with Crippen LogP contribution in [0.4, 0.5) is 0 Å². The predicted octanol–water partition coefficient (Wildman–Crippen LogP) is 2.30. The lowest BCUT2D eigenvalue weighted by atomic mass is 10.1. The van der Waals surface area contributed by atoms with Gasteiger partial charge in [0.05, 0.1) is 6.42 Å². The zero-order valence-electron chi connectivity index (χ0n) is 11.5. The summed E-state index contributed by atoms with van der Waals surface area (Å²) in [5, 5.41) is 11.6. The molecule has 4 heteroatoms. The van der Waals surface area contributed by atoms with Crippen LogP contribution in [0.2, 0.25) is 0 Å². The first kappa shape index (κ1) is 15.2. The number of aliphatic carboxylic acids is 1. The molecular weight excluding hydrogens is 242 g/mol. The highest BCUT2D eigenvalue weighted by Crippen LogP contribution is 2.05. The molecule has 19 heavy (non-hydrogen) atoms. The highest BCUT2D eigenvalue weighted by molar-refractivity contribution is 5.84. The standard InChI is InChI=1S/C15H21NO3/c1-3-4-5-13(15(18)19)16-14(17)10-12-8-6-11(2)7-9-12/h6-9,13H,3-5,10H2,1-2H3,(H,16,17)(H,18,19)/t13-/m0/s1. The fourth-order valence-electron chi connectivity index (χ4n) is 1.80. The number of amides is 1. The molecule has 1 rings (SSSR count). The molecule has 0 bridgehead atoms. The first-order valence-electron chi connectivity index (χ1n) is 6.60. The van der Waals surface area contributed by atoms with Gasteiger partial charge in [0.2, 0.25) is 5.91 Å². The van der Waals surface area contributed by atoms with E-state index in [4.69, 9.17) is 5.11 Å². The number of carbonyl (C=O) groups excluding carboxylic acids is 1. The van der Waals surface area contributed by atoms with Crippen molar-refractivity contribution in [3.05, 3.63) is 35.4 Å². The Labute approximate surface area is 113 Å². The minimum Gasteiger partial charge on any atom is -0.480 e. The predicted molar refractivity (Wildman–Crippen MR) is 74.0 cm³/mol. The number of carboxylic acids is 1. The molecule has 0 fully saturated rings. The minimum absolute atomic E-state index is 0.218. The molecule has 4 nitrogen and oxygen atoms in total. The molecule has 0 spiro atoms. The fraction of sp³-hybridized carbons (Fsp3) is 0.467. The molecule has 0 aliphatic heterocycles. The van der Waals surface area contributed by atoms with Gasteiger partial charge in [0, 0.05) is 0 Å². The van der Waals surface area contributed by atoms with Crippen molar-refractivity contribution in [2.45, 2.75) is 45.6 Å². The van der Waals surface area contributed by atoms with Crippen LogP contribution < -0.4 is 5.32 Å². The Bertz CT molecular complexity index is 426. The van der Waals surface area contributed by atoms with E-state index in [9.17, 15) is 9.59 Å². The molecule has 1 amide bonds. The molecule has 104 valence electrons. The summed E-state index contributed by atoms with van der Waals surface area (Å²) in [7, 11) is 0. The van der Waals surface area contributed by atoms with E-state index in [2.05, 4.69) is 5.32 Å². The maximum Gasteiger partial charge on any atom is 0.326 e. The van der Waals surface area contributed by atoms with Crippen molar-refractivity contribution in [3.63, 3.8) is 0 Å². The number of aryl methyl sites for hydroxylation is 1. The molecule has 0 saturated heterocycles. The second-order valence-electron chi connectivity index (χ2n) is 4.76. The van der Waals surface area contributed by atoms with E-state index >= 15 is 0 Å². The lowest BCUT2D eigenvalue weighted by Crippen LogP contribution is -2.41. The van der Waals surface area contributed by atoms with Gasteiger partial charge in [0.15, 0.2) is 0 Å². The van der Waals surface area contributed by atoms with Crippen LogP contribution in [0.25, 0.3) is 0 Å². The van der Waals surface area contributed by atoms with Crippen LogP contribution in [0.1, 0.15) is 37.3 Å². The third-order valence-electron chi connectivity index (χ3n) is 2.96. The van der Waals surface area contributed by atoms with Gasteiger partial charge in [-0.3, -0.25) is 4.79 Å². The molecule has 0 aliphatic rings. The normalized spacial score (nSPS) is 11.9. The van der Waals surface area contributed by atoms with Gasteiger partial charge in [-0.05, 0) is 18.9 Å². The van der Waals surface area contributed by atoms with Crippen molar-refractivity contribution in [2.75, 3.05) is 0 Å². The molecule has 0 saturated carbocycles. The summed E-state index contributed by atoms with van der Waals surface area (Å²) in [6, 6.07) is 6.87. The first-order chi connectivity index (χ1) is 9.02. The number of carbonyl (C=O) groups is 2. The van der Waals surface area contributed by atoms with Crippen LogP contribution in [0, 0.1) is 6.92 Å². The zero-order chi connectivity index (χ0) is 14.3. The SMILES string of the molecule is CCCC[C@H](NC(=O)Cc1ccc(C)cc1)C(=O)O. The Balaban J connectivity index is 2.52. The Kier molecular flexibility index (Phi) is 6.06. The van der Waals surface area contributed by atoms with Crippen molar-refractivity contribution in [1.29, 1.82) is 0 Å². The van der Waals surface area contributed by atoms with Gasteiger partial charge in [-0.1, -0.05) is 49.6 Å². The largest absolute Gasteiger partial charge is 0.480 e. The quantitative estimate of drug-likeness (QED) is 0.793. The van der Waals surface area contributed by atoms with Crippen molar-refractivity contribution >= 4 is 11.9 Å². The van der Waals surface area contributed by atoms with E-state index in [-0.39, 0.29) is 12.3 Å². The van der Waals surface area contributed by atoms with Gasteiger partial charge in [-0.15, -0.1) is 0 Å². The van der Waals surface area contributed by atoms with Crippen LogP contribution >= 0.6 is 0 Å². The summed E-state index contributed by atoms with van der Waals surface area (Å²) in [5.74, 6) is -1.21. The second-order valence-corrected chi connectivity index (χ2v) is 4.76. The molecule has 1 aromatic rings. The first-order valence-corrected chi connectivity index (χ1v) is 6.60. The molecule has 1 aromatic carbocycles. The highest BCUT2D eigenvalue weighted by atomic mass is 16.4. The van der Waals surface area contributed by atoms with E-state index < -0.39 is 12.0 Å². The van der Waals surface area contributed by atoms with E-state index in [1.54, 1.807) is 0 Å². The van der Waals surface area contributed by atoms with E-state index in [0.29, 0.717) is 6.42 Å². The maximum atomic E-state index is 11.8. The number of unbranched alkanes of at least 4 members (excludes halogenated alkanes) is 1. The summed E-state index contributed by atoms with van der Waals surface area (Å²) in [6.45, 7) is 3.97. The number of benzene rings is 1. The number of hydrogen-bond donors (Lipinski definition) is 2. The van der Waals surface area contributed by atoms with Crippen molar-refractivity contribution in [1.82, 2.24) is 5.32 Å². The molecule has 0 aromatic heterocycles. The molecule has 0 aliphatic carbocycles. The third-order valence-corrected chi connectivity index (χ3v) is 2.96. The van der Waals surface area contributed by atoms with Crippen LogP contribution in [-0.2, 0) is 16.0 Å². The Morgan fingerprint density at radius 2 is 1.89 bits per heavy atom. The summed E-state index contributed by atoms with van der Waals surface area (Å²) in [4.78, 5) is 22.8. The molecule has 2 N–H and O–H groups in total. The van der Waals surface area contributed by atoms with E-state index in [0.717, 1.165) is 24.0 Å². The smallest absolute Gasteiger partial charge is 0.326 e. The number of nitrogens with one attached hydrogen (secondary N) is 1. The minimum atomic E-state index is -0.967. The van der Waals surface area contributed by atoms with E-state index in [1.165, 1.54) is 0 Å². The number of carboxylic acid groups (broad SMARTS) is 1. The van der Waals surface area contributed by atoms with Gasteiger partial charge in [-0.25, -0.2) is 4.79 Å². The van der Waals surface area contributed by atoms with Crippen LogP contribution in [-0.4, -0.2) is 23.0 Å². The van der Waals surface area contributed by atoms with E-state index in [1.807, 2.05) is 38.1 Å². The van der Waals surface area contributed by atoms with Gasteiger partial charge < -0.3 is 10.4 Å². The number of hydrogen-bond acceptors (Lipinski definition) is 2. The Hall–Kier alpha value is -1.84. The van der Waals surface area contributed by atoms with Crippen LogP contribution in [0.5, 0.6) is 0 Å². The molecule has 0 radical (unpaired) electrons. The topological polar surface area (TPSA) is 66.4 Å². The monoisotopic (exact) mass is 263 g/mol. The highest BCUT2D eigenvalue weighted by Gasteiger charge is 2.18. The van der Waals surface area contributed by atoms with Crippen molar-refractivity contribution < 1.29 is 14.7 Å². The van der Waals surface area contributed by atoms with Crippen LogP contribution in [0.3, 0.4) is 0 Å². The summed E-state index contributed by atoms with van der Waals surface area (Å²) in [5.41, 5.74) is 2.03. The van der Waals surface area contributed by atoms with Gasteiger partial charge in [-0.2, -0.15) is 0 Å². The molecule has 1 atom stereocenters. The zero-order valence-corrected chi connectivity index (χ0v) is 11.5. The fourth-order valence-corrected chi connectivity index (χ4v) is 1.80. The van der Waals surface area contributed by atoms with Crippen molar-refractivity contribution in [3.8, 4) is 0 Å². The van der Waals surface area contributed by atoms with Gasteiger partial charge in [0.25, 0.3) is 0 Å². The summed E-state index contributed by atoms with van der Waals surface area (Å²) >= 11 is 0. The lowest BCUT2D eigenvalue weighted by molar-refractivity contribution is -0.142. The summed E-state index contributed by atoms with van der Waals surface area (Å²) in [6.07, 6.45) is 2.40.